The Labute approximate surface area is 159 Å². The van der Waals surface area contributed by atoms with Gasteiger partial charge in [-0.2, -0.15) is 5.10 Å². The van der Waals surface area contributed by atoms with Crippen molar-refractivity contribution in [3.63, 3.8) is 0 Å². The van der Waals surface area contributed by atoms with Gasteiger partial charge in [0.2, 0.25) is 0 Å². The molecule has 0 aliphatic carbocycles. The lowest BCUT2D eigenvalue weighted by Crippen LogP contribution is -2.30. The Hall–Kier alpha value is -2.54. The van der Waals surface area contributed by atoms with Crippen molar-refractivity contribution in [1.29, 1.82) is 0 Å². The number of benzene rings is 1. The van der Waals surface area contributed by atoms with Crippen molar-refractivity contribution in [3.8, 4) is 11.5 Å². The first kappa shape index (κ1) is 19.2. The number of ether oxygens (including phenoxy) is 2. The van der Waals surface area contributed by atoms with Gasteiger partial charge in [0, 0.05) is 30.8 Å². The molecule has 146 valence electrons. The van der Waals surface area contributed by atoms with E-state index in [9.17, 15) is 4.79 Å². The molecule has 1 aliphatic rings. The molecule has 3 rings (SSSR count). The summed E-state index contributed by atoms with van der Waals surface area (Å²) in [5, 5.41) is 13.5. The van der Waals surface area contributed by atoms with Crippen LogP contribution in [0, 0.1) is 5.92 Å². The zero-order valence-corrected chi connectivity index (χ0v) is 16.4. The fourth-order valence-electron chi connectivity index (χ4n) is 3.09. The van der Waals surface area contributed by atoms with Crippen molar-refractivity contribution in [1.82, 2.24) is 20.8 Å². The van der Waals surface area contributed by atoms with Gasteiger partial charge in [0.1, 0.15) is 0 Å². The minimum atomic E-state index is -0.186. The second-order valence-corrected chi connectivity index (χ2v) is 7.27. The first-order valence-electron chi connectivity index (χ1n) is 9.38. The molecule has 0 radical (unpaired) electrons. The van der Waals surface area contributed by atoms with Gasteiger partial charge in [-0.05, 0) is 30.5 Å². The van der Waals surface area contributed by atoms with Gasteiger partial charge in [0.05, 0.1) is 19.8 Å². The molecule has 1 aromatic heterocycles. The molecule has 2 aromatic rings. The van der Waals surface area contributed by atoms with E-state index in [-0.39, 0.29) is 11.9 Å². The molecular formula is C20H28N4O3. The van der Waals surface area contributed by atoms with E-state index in [1.807, 2.05) is 25.1 Å². The maximum Gasteiger partial charge on any atom is 0.272 e. The Morgan fingerprint density at radius 1 is 1.30 bits per heavy atom. The van der Waals surface area contributed by atoms with Crippen molar-refractivity contribution in [2.24, 2.45) is 5.92 Å². The molecule has 3 N–H and O–H groups in total. The first-order chi connectivity index (χ1) is 13.0. The Balaban J connectivity index is 1.71. The fraction of sp³-hybridized carbons (Fsp3) is 0.500. The molecule has 2 heterocycles. The largest absolute Gasteiger partial charge is 0.493 e. The monoisotopic (exact) mass is 372 g/mol. The minimum Gasteiger partial charge on any atom is -0.493 e. The number of amides is 1. The van der Waals surface area contributed by atoms with E-state index in [2.05, 4.69) is 34.7 Å². The molecule has 0 saturated heterocycles. The number of hydrogen-bond donors (Lipinski definition) is 3. The van der Waals surface area contributed by atoms with Crippen LogP contribution in [0.25, 0.3) is 0 Å². The number of carbonyl (C=O) groups is 1. The Morgan fingerprint density at radius 2 is 2.11 bits per heavy atom. The molecule has 0 saturated carbocycles. The summed E-state index contributed by atoms with van der Waals surface area (Å²) in [6, 6.07) is 5.56. The molecule has 1 aromatic carbocycles. The average molecular weight is 372 g/mol. The number of nitrogens with zero attached hydrogens (tertiary/aromatic N) is 1. The van der Waals surface area contributed by atoms with Gasteiger partial charge < -0.3 is 20.1 Å². The third-order valence-corrected chi connectivity index (χ3v) is 4.63. The second-order valence-electron chi connectivity index (χ2n) is 7.27. The van der Waals surface area contributed by atoms with Crippen LogP contribution in [0.4, 0.5) is 0 Å². The van der Waals surface area contributed by atoms with Crippen LogP contribution in [0.2, 0.25) is 0 Å². The molecule has 1 unspecified atom stereocenters. The van der Waals surface area contributed by atoms with Crippen LogP contribution >= 0.6 is 0 Å². The van der Waals surface area contributed by atoms with Crippen molar-refractivity contribution in [2.45, 2.75) is 39.8 Å². The highest BCUT2D eigenvalue weighted by atomic mass is 16.5. The number of hydrogen-bond acceptors (Lipinski definition) is 5. The highest BCUT2D eigenvalue weighted by Crippen LogP contribution is 2.31. The number of H-pyrrole nitrogens is 1. The molecule has 0 bridgehead atoms. The lowest BCUT2D eigenvalue weighted by molar-refractivity contribution is 0.0933. The van der Waals surface area contributed by atoms with Crippen molar-refractivity contribution < 1.29 is 14.3 Å². The summed E-state index contributed by atoms with van der Waals surface area (Å²) in [7, 11) is 1.62. The van der Waals surface area contributed by atoms with Crippen LogP contribution in [-0.4, -0.2) is 36.4 Å². The number of aromatic nitrogens is 2. The number of carbonyl (C=O) groups excluding carboxylic acids is 1. The molecule has 7 nitrogen and oxygen atoms in total. The van der Waals surface area contributed by atoms with E-state index < -0.39 is 0 Å². The fourth-order valence-corrected chi connectivity index (χ4v) is 3.09. The van der Waals surface area contributed by atoms with Crippen LogP contribution in [0.5, 0.6) is 11.5 Å². The number of nitrogens with one attached hydrogen (secondary N) is 3. The maximum atomic E-state index is 12.7. The number of methoxy groups -OCH3 is 1. The van der Waals surface area contributed by atoms with Gasteiger partial charge in [-0.1, -0.05) is 19.9 Å². The van der Waals surface area contributed by atoms with Crippen LogP contribution in [0.1, 0.15) is 54.1 Å². The smallest absolute Gasteiger partial charge is 0.272 e. The molecule has 0 spiro atoms. The first-order valence-corrected chi connectivity index (χ1v) is 9.38. The highest BCUT2D eigenvalue weighted by Gasteiger charge is 2.23. The minimum absolute atomic E-state index is 0.178. The predicted molar refractivity (Wildman–Crippen MR) is 103 cm³/mol. The average Bonchev–Trinajstić information content (AvgIpc) is 3.10. The molecule has 27 heavy (non-hydrogen) atoms. The van der Waals surface area contributed by atoms with Gasteiger partial charge in [0.25, 0.3) is 5.91 Å². The quantitative estimate of drug-likeness (QED) is 0.695. The van der Waals surface area contributed by atoms with Crippen LogP contribution in [0.15, 0.2) is 18.2 Å². The van der Waals surface area contributed by atoms with Crippen LogP contribution in [-0.2, 0) is 13.0 Å². The molecule has 1 amide bonds. The summed E-state index contributed by atoms with van der Waals surface area (Å²) in [5.41, 5.74) is 3.41. The summed E-state index contributed by atoms with van der Waals surface area (Å²) >= 11 is 0. The third-order valence-electron chi connectivity index (χ3n) is 4.63. The van der Waals surface area contributed by atoms with Crippen LogP contribution in [0.3, 0.4) is 0 Å². The van der Waals surface area contributed by atoms with Gasteiger partial charge in [-0.3, -0.25) is 9.89 Å². The van der Waals surface area contributed by atoms with Gasteiger partial charge in [0.15, 0.2) is 17.2 Å². The summed E-state index contributed by atoms with van der Waals surface area (Å²) in [6.45, 7) is 8.33. The predicted octanol–water partition coefficient (Wildman–Crippen LogP) is 2.59. The highest BCUT2D eigenvalue weighted by molar-refractivity contribution is 5.94. The number of fused-ring (bicyclic) bond motifs is 1. The Kier molecular flexibility index (Phi) is 6.01. The van der Waals surface area contributed by atoms with Crippen molar-refractivity contribution in [2.75, 3.05) is 20.3 Å². The topological polar surface area (TPSA) is 88.3 Å². The number of aromatic amines is 1. The van der Waals surface area contributed by atoms with E-state index in [0.29, 0.717) is 36.3 Å². The maximum absolute atomic E-state index is 12.7. The molecule has 1 aliphatic heterocycles. The standard InChI is InChI=1S/C20H28N4O3/c1-12(2)11-27-17-6-5-14(9-18(17)26-4)13(3)22-20(25)19-15-10-21-8-7-16(15)23-24-19/h5-6,9,12-13,21H,7-8,10-11H2,1-4H3,(H,22,25)(H,23,24). The van der Waals surface area contributed by atoms with E-state index >= 15 is 0 Å². The summed E-state index contributed by atoms with van der Waals surface area (Å²) in [4.78, 5) is 12.7. The molecule has 0 fully saturated rings. The Bertz CT molecular complexity index is 801. The zero-order chi connectivity index (χ0) is 19.4. The molecular weight excluding hydrogens is 344 g/mol. The summed E-state index contributed by atoms with van der Waals surface area (Å²) in [5.74, 6) is 1.63. The lowest BCUT2D eigenvalue weighted by atomic mass is 10.1. The third kappa shape index (κ3) is 4.42. The molecule has 7 heteroatoms. The van der Waals surface area contributed by atoms with E-state index in [1.165, 1.54) is 0 Å². The summed E-state index contributed by atoms with van der Waals surface area (Å²) < 4.78 is 11.2. The normalized spacial score (nSPS) is 14.6. The number of rotatable bonds is 7. The second kappa shape index (κ2) is 8.43. The van der Waals surface area contributed by atoms with Crippen LogP contribution < -0.4 is 20.1 Å². The van der Waals surface area contributed by atoms with Crippen molar-refractivity contribution >= 4 is 5.91 Å². The zero-order valence-electron chi connectivity index (χ0n) is 16.4. The SMILES string of the molecule is COc1cc(C(C)NC(=O)c2n[nH]c3c2CNCC3)ccc1OCC(C)C. The van der Waals surface area contributed by atoms with Gasteiger partial charge in [-0.25, -0.2) is 0 Å². The molecule has 1 atom stereocenters. The van der Waals surface area contributed by atoms with Gasteiger partial charge in [-0.15, -0.1) is 0 Å². The van der Waals surface area contributed by atoms with E-state index in [0.717, 1.165) is 29.8 Å². The van der Waals surface area contributed by atoms with E-state index in [4.69, 9.17) is 9.47 Å². The van der Waals surface area contributed by atoms with Gasteiger partial charge >= 0.3 is 0 Å². The van der Waals surface area contributed by atoms with Crippen molar-refractivity contribution in [3.05, 3.63) is 40.7 Å². The summed E-state index contributed by atoms with van der Waals surface area (Å²) in [6.07, 6.45) is 0.861. The lowest BCUT2D eigenvalue weighted by Gasteiger charge is -2.18. The van der Waals surface area contributed by atoms with E-state index in [1.54, 1.807) is 7.11 Å². The Morgan fingerprint density at radius 3 is 2.85 bits per heavy atom.